The normalized spacial score (nSPS) is 23.7. The highest BCUT2D eigenvalue weighted by molar-refractivity contribution is 9.10. The van der Waals surface area contributed by atoms with E-state index >= 15 is 0 Å². The summed E-state index contributed by atoms with van der Waals surface area (Å²) in [5.41, 5.74) is 0.811. The Morgan fingerprint density at radius 2 is 2.43 bits per heavy atom. The zero-order valence-corrected chi connectivity index (χ0v) is 9.27. The van der Waals surface area contributed by atoms with Crippen LogP contribution in [0.2, 0.25) is 0 Å². The van der Waals surface area contributed by atoms with Crippen LogP contribution in [0.1, 0.15) is 24.5 Å². The zero-order valence-electron chi connectivity index (χ0n) is 7.69. The van der Waals surface area contributed by atoms with Gasteiger partial charge in [0, 0.05) is 29.0 Å². The van der Waals surface area contributed by atoms with Gasteiger partial charge in [-0.1, -0.05) is 0 Å². The van der Waals surface area contributed by atoms with Crippen LogP contribution in [-0.4, -0.2) is 22.8 Å². The fourth-order valence-corrected chi connectivity index (χ4v) is 2.04. The Labute approximate surface area is 91.2 Å². The Morgan fingerprint density at radius 1 is 1.57 bits per heavy atom. The first-order chi connectivity index (χ1) is 6.77. The SMILES string of the molecule is O[C@@H](c1cncc(Br)c1)[C@@H]1CCCO1. The van der Waals surface area contributed by atoms with Gasteiger partial charge in [-0.15, -0.1) is 0 Å². The van der Waals surface area contributed by atoms with Crippen molar-refractivity contribution in [3.8, 4) is 0 Å². The van der Waals surface area contributed by atoms with Crippen molar-refractivity contribution in [2.75, 3.05) is 6.61 Å². The van der Waals surface area contributed by atoms with E-state index in [4.69, 9.17) is 4.74 Å². The number of ether oxygens (including phenoxy) is 1. The highest BCUT2D eigenvalue weighted by Crippen LogP contribution is 2.27. The molecule has 0 unspecified atom stereocenters. The summed E-state index contributed by atoms with van der Waals surface area (Å²) in [6, 6.07) is 1.87. The third kappa shape index (κ3) is 2.13. The molecule has 1 aromatic rings. The minimum Gasteiger partial charge on any atom is -0.386 e. The maximum atomic E-state index is 9.96. The number of hydrogen-bond donors (Lipinski definition) is 1. The van der Waals surface area contributed by atoms with Crippen LogP contribution in [0, 0.1) is 0 Å². The maximum absolute atomic E-state index is 9.96. The number of aromatic nitrogens is 1. The maximum Gasteiger partial charge on any atom is 0.107 e. The second-order valence-corrected chi connectivity index (χ2v) is 4.35. The second kappa shape index (κ2) is 4.38. The standard InChI is InChI=1S/C10H12BrNO2/c11-8-4-7(5-12-6-8)10(13)9-2-1-3-14-9/h4-6,9-10,13H,1-3H2/t9-,10-/m0/s1. The van der Waals surface area contributed by atoms with Crippen LogP contribution < -0.4 is 0 Å². The summed E-state index contributed by atoms with van der Waals surface area (Å²) >= 11 is 3.32. The molecule has 0 amide bonds. The van der Waals surface area contributed by atoms with E-state index in [1.54, 1.807) is 12.4 Å². The quantitative estimate of drug-likeness (QED) is 0.882. The Balaban J connectivity index is 2.13. The van der Waals surface area contributed by atoms with E-state index in [-0.39, 0.29) is 6.10 Å². The number of halogens is 1. The van der Waals surface area contributed by atoms with E-state index in [1.807, 2.05) is 6.07 Å². The molecule has 2 atom stereocenters. The molecule has 1 aromatic heterocycles. The lowest BCUT2D eigenvalue weighted by Crippen LogP contribution is -2.17. The molecule has 2 heterocycles. The molecule has 76 valence electrons. The van der Waals surface area contributed by atoms with E-state index in [0.717, 1.165) is 29.5 Å². The van der Waals surface area contributed by atoms with Gasteiger partial charge in [0.05, 0.1) is 6.10 Å². The summed E-state index contributed by atoms with van der Waals surface area (Å²) in [6.45, 7) is 0.753. The van der Waals surface area contributed by atoms with E-state index in [1.165, 1.54) is 0 Å². The lowest BCUT2D eigenvalue weighted by atomic mass is 10.0. The van der Waals surface area contributed by atoms with Gasteiger partial charge in [0.25, 0.3) is 0 Å². The molecule has 0 aliphatic carbocycles. The third-order valence-corrected chi connectivity index (χ3v) is 2.82. The smallest absolute Gasteiger partial charge is 0.107 e. The zero-order chi connectivity index (χ0) is 9.97. The number of aliphatic hydroxyl groups is 1. The summed E-state index contributed by atoms with van der Waals surface area (Å²) < 4.78 is 6.30. The van der Waals surface area contributed by atoms with Crippen molar-refractivity contribution in [2.24, 2.45) is 0 Å². The summed E-state index contributed by atoms with van der Waals surface area (Å²) in [5.74, 6) is 0. The Bertz CT molecular complexity index is 313. The van der Waals surface area contributed by atoms with Crippen LogP contribution in [0.3, 0.4) is 0 Å². The second-order valence-electron chi connectivity index (χ2n) is 3.43. The van der Waals surface area contributed by atoms with Crippen LogP contribution in [0.4, 0.5) is 0 Å². The Morgan fingerprint density at radius 3 is 3.07 bits per heavy atom. The van der Waals surface area contributed by atoms with E-state index < -0.39 is 6.10 Å². The minimum absolute atomic E-state index is 0.0638. The first kappa shape index (κ1) is 10.1. The lowest BCUT2D eigenvalue weighted by molar-refractivity contribution is -0.00277. The topological polar surface area (TPSA) is 42.4 Å². The molecular formula is C10H12BrNO2. The first-order valence-corrected chi connectivity index (χ1v) is 5.47. The van der Waals surface area contributed by atoms with Gasteiger partial charge in [-0.05, 0) is 34.8 Å². The molecule has 1 N–H and O–H groups in total. The fraction of sp³-hybridized carbons (Fsp3) is 0.500. The van der Waals surface area contributed by atoms with Crippen molar-refractivity contribution in [2.45, 2.75) is 25.0 Å². The summed E-state index contributed by atoms with van der Waals surface area (Å²) in [7, 11) is 0. The van der Waals surface area contributed by atoms with Crippen molar-refractivity contribution in [1.82, 2.24) is 4.98 Å². The highest BCUT2D eigenvalue weighted by Gasteiger charge is 2.25. The lowest BCUT2D eigenvalue weighted by Gasteiger charge is -2.17. The van der Waals surface area contributed by atoms with Crippen LogP contribution >= 0.6 is 15.9 Å². The molecule has 0 spiro atoms. The molecule has 0 saturated carbocycles. The van der Waals surface area contributed by atoms with E-state index in [0.29, 0.717) is 0 Å². The van der Waals surface area contributed by atoms with Crippen LogP contribution in [0.15, 0.2) is 22.9 Å². The molecule has 0 aromatic carbocycles. The van der Waals surface area contributed by atoms with Crippen LogP contribution in [-0.2, 0) is 4.74 Å². The number of aliphatic hydroxyl groups excluding tert-OH is 1. The summed E-state index contributed by atoms with van der Waals surface area (Å²) in [5, 5.41) is 9.96. The van der Waals surface area contributed by atoms with E-state index in [9.17, 15) is 5.11 Å². The van der Waals surface area contributed by atoms with Crippen molar-refractivity contribution in [3.63, 3.8) is 0 Å². The van der Waals surface area contributed by atoms with Crippen LogP contribution in [0.25, 0.3) is 0 Å². The number of hydrogen-bond acceptors (Lipinski definition) is 3. The molecular weight excluding hydrogens is 246 g/mol. The number of rotatable bonds is 2. The largest absolute Gasteiger partial charge is 0.386 e. The minimum atomic E-state index is -0.553. The van der Waals surface area contributed by atoms with Gasteiger partial charge < -0.3 is 9.84 Å². The van der Waals surface area contributed by atoms with Gasteiger partial charge in [0.2, 0.25) is 0 Å². The number of nitrogens with zero attached hydrogens (tertiary/aromatic N) is 1. The van der Waals surface area contributed by atoms with Crippen molar-refractivity contribution in [1.29, 1.82) is 0 Å². The molecule has 0 radical (unpaired) electrons. The van der Waals surface area contributed by atoms with Gasteiger partial charge in [0.15, 0.2) is 0 Å². The molecule has 1 aliphatic rings. The molecule has 4 heteroatoms. The average molecular weight is 258 g/mol. The van der Waals surface area contributed by atoms with Gasteiger partial charge in [-0.3, -0.25) is 4.98 Å². The van der Waals surface area contributed by atoms with Crippen LogP contribution in [0.5, 0.6) is 0 Å². The molecule has 3 nitrogen and oxygen atoms in total. The Hall–Kier alpha value is -0.450. The molecule has 0 bridgehead atoms. The summed E-state index contributed by atoms with van der Waals surface area (Å²) in [6.07, 6.45) is 4.72. The van der Waals surface area contributed by atoms with Gasteiger partial charge >= 0.3 is 0 Å². The summed E-state index contributed by atoms with van der Waals surface area (Å²) in [4.78, 5) is 4.01. The van der Waals surface area contributed by atoms with Gasteiger partial charge in [0.1, 0.15) is 6.10 Å². The molecule has 14 heavy (non-hydrogen) atoms. The van der Waals surface area contributed by atoms with Gasteiger partial charge in [-0.25, -0.2) is 0 Å². The van der Waals surface area contributed by atoms with Crippen molar-refractivity contribution in [3.05, 3.63) is 28.5 Å². The average Bonchev–Trinajstić information content (AvgIpc) is 2.69. The van der Waals surface area contributed by atoms with Gasteiger partial charge in [-0.2, -0.15) is 0 Å². The third-order valence-electron chi connectivity index (χ3n) is 2.38. The fourth-order valence-electron chi connectivity index (χ4n) is 1.66. The number of pyridine rings is 1. The molecule has 1 fully saturated rings. The predicted molar refractivity (Wildman–Crippen MR) is 55.9 cm³/mol. The molecule has 1 aliphatic heterocycles. The molecule has 2 rings (SSSR count). The molecule has 1 saturated heterocycles. The van der Waals surface area contributed by atoms with Crippen molar-refractivity contribution < 1.29 is 9.84 Å². The monoisotopic (exact) mass is 257 g/mol. The predicted octanol–water partition coefficient (Wildman–Crippen LogP) is 2.06. The first-order valence-electron chi connectivity index (χ1n) is 4.67. The van der Waals surface area contributed by atoms with Crippen molar-refractivity contribution >= 4 is 15.9 Å². The van der Waals surface area contributed by atoms with E-state index in [2.05, 4.69) is 20.9 Å². The highest BCUT2D eigenvalue weighted by atomic mass is 79.9. The Kier molecular flexibility index (Phi) is 3.15.